The molecule has 0 radical (unpaired) electrons. The molecule has 1 unspecified atom stereocenters. The molecule has 0 heterocycles. The summed E-state index contributed by atoms with van der Waals surface area (Å²) in [6.45, 7) is 4.61. The fourth-order valence-corrected chi connectivity index (χ4v) is 1.48. The highest BCUT2D eigenvalue weighted by Gasteiger charge is 2.23. The van der Waals surface area contributed by atoms with Crippen molar-refractivity contribution in [3.05, 3.63) is 33.9 Å². The van der Waals surface area contributed by atoms with Crippen molar-refractivity contribution >= 4 is 17.3 Å². The second-order valence-electron chi connectivity index (χ2n) is 4.16. The number of hydrogen-bond donors (Lipinski definition) is 2. The molecule has 2 N–H and O–H groups in total. The fraction of sp³-hybridized carbons (Fsp3) is 0.417. The van der Waals surface area contributed by atoms with Gasteiger partial charge >= 0.3 is 11.7 Å². The second kappa shape index (κ2) is 6.00. The predicted octanol–water partition coefficient (Wildman–Crippen LogP) is 2.75. The Labute approximate surface area is 105 Å². The number of nitrogens with zero attached hydrogens (tertiary/aromatic N) is 1. The maximum atomic E-state index is 11.0. The van der Waals surface area contributed by atoms with Crippen LogP contribution >= 0.6 is 0 Å². The molecular weight excluding hydrogens is 236 g/mol. The molecule has 1 atom stereocenters. The topological polar surface area (TPSA) is 92.5 Å². The van der Waals surface area contributed by atoms with E-state index in [4.69, 9.17) is 5.11 Å². The van der Waals surface area contributed by atoms with E-state index < -0.39 is 10.9 Å². The summed E-state index contributed by atoms with van der Waals surface area (Å²) in [6, 6.07) is 4.25. The highest BCUT2D eigenvalue weighted by Crippen LogP contribution is 2.28. The summed E-state index contributed by atoms with van der Waals surface area (Å²) in [6.07, 6.45) is 0.944. The lowest BCUT2D eigenvalue weighted by atomic mass is 10.1. The Morgan fingerprint density at radius 1 is 1.56 bits per heavy atom. The van der Waals surface area contributed by atoms with E-state index in [-0.39, 0.29) is 16.9 Å². The zero-order valence-corrected chi connectivity index (χ0v) is 10.3. The Hall–Kier alpha value is -2.11. The first kappa shape index (κ1) is 14.0. The van der Waals surface area contributed by atoms with Gasteiger partial charge < -0.3 is 10.4 Å². The minimum Gasteiger partial charge on any atom is -0.477 e. The Morgan fingerprint density at radius 3 is 2.72 bits per heavy atom. The normalized spacial score (nSPS) is 11.9. The standard InChI is InChI=1S/C12H16N2O4/c1-3-8(2)7-13-10-6-4-5-9(12(15)16)11(10)14(17)18/h4-6,8,13H,3,7H2,1-2H3,(H,15,16). The number of anilines is 1. The van der Waals surface area contributed by atoms with Crippen LogP contribution in [0, 0.1) is 16.0 Å². The number of carboxylic acid groups (broad SMARTS) is 1. The number of benzene rings is 1. The molecule has 0 bridgehead atoms. The van der Waals surface area contributed by atoms with Crippen molar-refractivity contribution in [3.8, 4) is 0 Å². The van der Waals surface area contributed by atoms with E-state index in [1.165, 1.54) is 18.2 Å². The third-order valence-corrected chi connectivity index (χ3v) is 2.79. The van der Waals surface area contributed by atoms with Crippen LogP contribution in [-0.4, -0.2) is 22.5 Å². The zero-order valence-electron chi connectivity index (χ0n) is 10.3. The van der Waals surface area contributed by atoms with Gasteiger partial charge in [-0.05, 0) is 18.1 Å². The number of carboxylic acids is 1. The van der Waals surface area contributed by atoms with Crippen LogP contribution in [0.2, 0.25) is 0 Å². The predicted molar refractivity (Wildman–Crippen MR) is 68.0 cm³/mol. The lowest BCUT2D eigenvalue weighted by Crippen LogP contribution is -2.13. The van der Waals surface area contributed by atoms with Gasteiger partial charge in [-0.25, -0.2) is 4.79 Å². The molecule has 0 spiro atoms. The van der Waals surface area contributed by atoms with Crippen LogP contribution in [-0.2, 0) is 0 Å². The molecule has 18 heavy (non-hydrogen) atoms. The minimum atomic E-state index is -1.30. The first-order valence-electron chi connectivity index (χ1n) is 5.72. The quantitative estimate of drug-likeness (QED) is 0.599. The SMILES string of the molecule is CCC(C)CNc1cccc(C(=O)O)c1[N+](=O)[O-]. The maximum Gasteiger partial charge on any atom is 0.342 e. The van der Waals surface area contributed by atoms with Gasteiger partial charge in [-0.1, -0.05) is 26.3 Å². The largest absolute Gasteiger partial charge is 0.477 e. The van der Waals surface area contributed by atoms with E-state index in [2.05, 4.69) is 5.32 Å². The lowest BCUT2D eigenvalue weighted by Gasteiger charge is -2.12. The van der Waals surface area contributed by atoms with Gasteiger partial charge in [0.2, 0.25) is 0 Å². The third-order valence-electron chi connectivity index (χ3n) is 2.79. The van der Waals surface area contributed by atoms with Crippen molar-refractivity contribution in [2.45, 2.75) is 20.3 Å². The van der Waals surface area contributed by atoms with Crippen LogP contribution in [0.1, 0.15) is 30.6 Å². The number of carbonyl (C=O) groups is 1. The first-order valence-corrected chi connectivity index (χ1v) is 5.72. The highest BCUT2D eigenvalue weighted by molar-refractivity contribution is 5.95. The van der Waals surface area contributed by atoms with Crippen molar-refractivity contribution in [1.82, 2.24) is 0 Å². The lowest BCUT2D eigenvalue weighted by molar-refractivity contribution is -0.384. The summed E-state index contributed by atoms with van der Waals surface area (Å²) >= 11 is 0. The fourth-order valence-electron chi connectivity index (χ4n) is 1.48. The Kier molecular flexibility index (Phi) is 4.65. The van der Waals surface area contributed by atoms with E-state index in [1.54, 1.807) is 0 Å². The van der Waals surface area contributed by atoms with Crippen LogP contribution in [0.4, 0.5) is 11.4 Å². The first-order chi connectivity index (χ1) is 8.47. The van der Waals surface area contributed by atoms with Gasteiger partial charge in [0.25, 0.3) is 0 Å². The van der Waals surface area contributed by atoms with Gasteiger partial charge in [0.15, 0.2) is 0 Å². The molecule has 0 aliphatic carbocycles. The minimum absolute atomic E-state index is 0.250. The molecule has 0 saturated carbocycles. The van der Waals surface area contributed by atoms with Gasteiger partial charge in [0.1, 0.15) is 11.3 Å². The molecule has 98 valence electrons. The number of rotatable bonds is 6. The smallest absolute Gasteiger partial charge is 0.342 e. The number of hydrogen-bond acceptors (Lipinski definition) is 4. The van der Waals surface area contributed by atoms with Crippen LogP contribution in [0.25, 0.3) is 0 Å². The number of nitro groups is 1. The molecule has 0 fully saturated rings. The van der Waals surface area contributed by atoms with Crippen molar-refractivity contribution in [3.63, 3.8) is 0 Å². The summed E-state index contributed by atoms with van der Waals surface area (Å²) in [5.41, 5.74) is -0.428. The van der Waals surface area contributed by atoms with E-state index >= 15 is 0 Å². The molecule has 6 nitrogen and oxygen atoms in total. The molecule has 1 rings (SSSR count). The van der Waals surface area contributed by atoms with Gasteiger partial charge in [-0.3, -0.25) is 10.1 Å². The number of aromatic carboxylic acids is 1. The average Bonchev–Trinajstić information content (AvgIpc) is 2.34. The zero-order chi connectivity index (χ0) is 13.7. The molecule has 0 aliphatic rings. The number of para-hydroxylation sites is 1. The van der Waals surface area contributed by atoms with E-state index in [1.807, 2.05) is 13.8 Å². The Balaban J connectivity index is 3.07. The van der Waals surface area contributed by atoms with E-state index in [0.717, 1.165) is 6.42 Å². The summed E-state index contributed by atoms with van der Waals surface area (Å²) in [5, 5.41) is 22.8. The summed E-state index contributed by atoms with van der Waals surface area (Å²) in [4.78, 5) is 21.2. The van der Waals surface area contributed by atoms with Gasteiger partial charge in [-0.2, -0.15) is 0 Å². The van der Waals surface area contributed by atoms with Crippen molar-refractivity contribution in [2.75, 3.05) is 11.9 Å². The maximum absolute atomic E-state index is 11.0. The monoisotopic (exact) mass is 252 g/mol. The van der Waals surface area contributed by atoms with Crippen LogP contribution in [0.3, 0.4) is 0 Å². The molecule has 6 heteroatoms. The van der Waals surface area contributed by atoms with E-state index in [9.17, 15) is 14.9 Å². The van der Waals surface area contributed by atoms with Gasteiger partial charge in [0.05, 0.1) is 4.92 Å². The third kappa shape index (κ3) is 3.19. The van der Waals surface area contributed by atoms with Gasteiger partial charge in [-0.15, -0.1) is 0 Å². The molecule has 0 aromatic heterocycles. The summed E-state index contributed by atoms with van der Waals surface area (Å²) in [7, 11) is 0. The van der Waals surface area contributed by atoms with Crippen molar-refractivity contribution in [1.29, 1.82) is 0 Å². The summed E-state index contributed by atoms with van der Waals surface area (Å²) in [5.74, 6) is -0.938. The average molecular weight is 252 g/mol. The van der Waals surface area contributed by atoms with Crippen LogP contribution < -0.4 is 5.32 Å². The number of nitro benzene ring substituents is 1. The molecule has 0 saturated heterocycles. The molecule has 1 aromatic rings. The Bertz CT molecular complexity index is 459. The second-order valence-corrected chi connectivity index (χ2v) is 4.16. The Morgan fingerprint density at radius 2 is 2.22 bits per heavy atom. The summed E-state index contributed by atoms with van der Waals surface area (Å²) < 4.78 is 0. The molecular formula is C12H16N2O4. The van der Waals surface area contributed by atoms with Crippen molar-refractivity contribution in [2.24, 2.45) is 5.92 Å². The highest BCUT2D eigenvalue weighted by atomic mass is 16.6. The van der Waals surface area contributed by atoms with Crippen LogP contribution in [0.5, 0.6) is 0 Å². The molecule has 1 aromatic carbocycles. The number of nitrogens with one attached hydrogen (secondary N) is 1. The molecule has 0 amide bonds. The van der Waals surface area contributed by atoms with Crippen molar-refractivity contribution < 1.29 is 14.8 Å². The van der Waals surface area contributed by atoms with E-state index in [0.29, 0.717) is 12.5 Å². The molecule has 0 aliphatic heterocycles. The van der Waals surface area contributed by atoms with Gasteiger partial charge in [0, 0.05) is 6.54 Å². The van der Waals surface area contributed by atoms with Crippen LogP contribution in [0.15, 0.2) is 18.2 Å².